The molecule has 0 aromatic heterocycles. The van der Waals surface area contributed by atoms with E-state index in [-0.39, 0.29) is 5.91 Å². The molecule has 1 rings (SSSR count). The van der Waals surface area contributed by atoms with Crippen molar-refractivity contribution in [3.63, 3.8) is 0 Å². The number of nitrogens with zero attached hydrogens (tertiary/aromatic N) is 1. The zero-order chi connectivity index (χ0) is 12.0. The van der Waals surface area contributed by atoms with Crippen LogP contribution in [-0.4, -0.2) is 11.0 Å². The van der Waals surface area contributed by atoms with E-state index in [0.717, 1.165) is 11.4 Å². The lowest BCUT2D eigenvalue weighted by Gasteiger charge is -2.01. The van der Waals surface area contributed by atoms with Gasteiger partial charge < -0.3 is 5.32 Å². The van der Waals surface area contributed by atoms with Crippen molar-refractivity contribution in [2.24, 2.45) is 0 Å². The number of nitrogens with one attached hydrogen (secondary N) is 2. The van der Waals surface area contributed by atoms with Crippen LogP contribution in [0.4, 0.5) is 11.4 Å². The van der Waals surface area contributed by atoms with E-state index >= 15 is 0 Å². The average molecular weight is 234 g/mol. The summed E-state index contributed by atoms with van der Waals surface area (Å²) in [5, 5.41) is 5.94. The van der Waals surface area contributed by atoms with Gasteiger partial charge >= 0.3 is 5.11 Å². The molecule has 0 radical (unpaired) electrons. The molecule has 0 unspecified atom stereocenters. The molecule has 16 heavy (non-hydrogen) atoms. The molecule has 0 saturated carbocycles. The molecular weight excluding hydrogens is 222 g/mol. The maximum Gasteiger partial charge on any atom is 0.453 e. The highest BCUT2D eigenvalue weighted by Gasteiger charge is 2.05. The summed E-state index contributed by atoms with van der Waals surface area (Å²) in [5.41, 5.74) is 1.56. The van der Waals surface area contributed by atoms with Crippen LogP contribution in [0.1, 0.15) is 13.8 Å². The van der Waals surface area contributed by atoms with E-state index < -0.39 is 0 Å². The van der Waals surface area contributed by atoms with Crippen LogP contribution < -0.4 is 10.6 Å². The van der Waals surface area contributed by atoms with Crippen molar-refractivity contribution < 1.29 is 4.79 Å². The standard InChI is InChI=1S/C11H11N3OS/c1-3-12-11(16)14-10-6-4-9(5-7-10)13-8(2)15/h4-7H,1-2H3,(H-,13,14,15,16)/p+1. The van der Waals surface area contributed by atoms with E-state index in [9.17, 15) is 4.79 Å². The highest BCUT2D eigenvalue weighted by Crippen LogP contribution is 2.13. The van der Waals surface area contributed by atoms with Gasteiger partial charge in [-0.3, -0.25) is 4.79 Å². The Morgan fingerprint density at radius 2 is 1.75 bits per heavy atom. The van der Waals surface area contributed by atoms with E-state index in [0.29, 0.717) is 5.11 Å². The van der Waals surface area contributed by atoms with Crippen LogP contribution in [0, 0.1) is 6.07 Å². The van der Waals surface area contributed by atoms with Gasteiger partial charge in [-0.05, 0) is 24.3 Å². The first-order chi connectivity index (χ1) is 7.61. The van der Waals surface area contributed by atoms with Crippen LogP contribution in [0.3, 0.4) is 0 Å². The van der Waals surface area contributed by atoms with Gasteiger partial charge in [-0.1, -0.05) is 0 Å². The third-order valence-corrected chi connectivity index (χ3v) is 1.86. The lowest BCUT2D eigenvalue weighted by atomic mass is 10.3. The Kier molecular flexibility index (Phi) is 4.42. The molecule has 0 atom stereocenters. The number of carbonyl (C=O) groups excluding carboxylic acids is 1. The van der Waals surface area contributed by atoms with Crippen molar-refractivity contribution in [1.29, 1.82) is 0 Å². The smallest absolute Gasteiger partial charge is 0.326 e. The van der Waals surface area contributed by atoms with Crippen molar-refractivity contribution in [2.45, 2.75) is 13.8 Å². The van der Waals surface area contributed by atoms with Gasteiger partial charge in [0.05, 0.1) is 0 Å². The normalized spacial score (nSPS) is 8.62. The number of rotatable bonds is 2. The second-order valence-corrected chi connectivity index (χ2v) is 3.41. The molecule has 0 fully saturated rings. The van der Waals surface area contributed by atoms with Gasteiger partial charge in [-0.15, -0.1) is 4.85 Å². The zero-order valence-electron chi connectivity index (χ0n) is 9.07. The van der Waals surface area contributed by atoms with Gasteiger partial charge in [0.15, 0.2) is 6.07 Å². The lowest BCUT2D eigenvalue weighted by molar-refractivity contribution is -0.114. The molecule has 0 bridgehead atoms. The zero-order valence-corrected chi connectivity index (χ0v) is 9.89. The first-order valence-electron chi connectivity index (χ1n) is 4.68. The molecule has 0 saturated heterocycles. The molecule has 5 heteroatoms. The third-order valence-electron chi connectivity index (χ3n) is 1.67. The molecule has 4 nitrogen and oxygen atoms in total. The fourth-order valence-corrected chi connectivity index (χ4v) is 1.30. The summed E-state index contributed by atoms with van der Waals surface area (Å²) in [6.07, 6.45) is 0. The topological polar surface area (TPSA) is 45.5 Å². The van der Waals surface area contributed by atoms with Crippen molar-refractivity contribution >= 4 is 34.6 Å². The lowest BCUT2D eigenvalue weighted by Crippen LogP contribution is -2.06. The Hall–Kier alpha value is -1.93. The summed E-state index contributed by atoms with van der Waals surface area (Å²) in [7, 11) is 0. The van der Waals surface area contributed by atoms with Gasteiger partial charge in [-0.25, -0.2) is 5.32 Å². The van der Waals surface area contributed by atoms with Crippen LogP contribution >= 0.6 is 12.2 Å². The predicted octanol–water partition coefficient (Wildman–Crippen LogP) is 2.69. The molecule has 0 aliphatic rings. The molecule has 1 aromatic carbocycles. The molecule has 0 aliphatic carbocycles. The molecule has 0 aliphatic heterocycles. The molecule has 1 amide bonds. The summed E-state index contributed by atoms with van der Waals surface area (Å²) in [6, 6.07) is 9.77. The van der Waals surface area contributed by atoms with Crippen LogP contribution in [-0.2, 0) is 4.79 Å². The maximum absolute atomic E-state index is 10.8. The van der Waals surface area contributed by atoms with E-state index in [1.165, 1.54) is 6.92 Å². The van der Waals surface area contributed by atoms with E-state index in [1.54, 1.807) is 19.1 Å². The molecule has 82 valence electrons. The van der Waals surface area contributed by atoms with Gasteiger partial charge in [0.25, 0.3) is 0 Å². The highest BCUT2D eigenvalue weighted by molar-refractivity contribution is 7.80. The Bertz CT molecular complexity index is 456. The summed E-state index contributed by atoms with van der Waals surface area (Å²) < 4.78 is 0. The molecule has 2 N–H and O–H groups in total. The summed E-state index contributed by atoms with van der Waals surface area (Å²) in [6.45, 7) is 3.14. The van der Waals surface area contributed by atoms with E-state index in [1.807, 2.05) is 12.1 Å². The second kappa shape index (κ2) is 5.83. The number of benzene rings is 1. The quantitative estimate of drug-likeness (QED) is 0.773. The van der Waals surface area contributed by atoms with Gasteiger partial charge in [0, 0.05) is 31.8 Å². The van der Waals surface area contributed by atoms with Crippen molar-refractivity contribution in [2.75, 3.05) is 10.6 Å². The van der Waals surface area contributed by atoms with E-state index in [2.05, 4.69) is 21.5 Å². The molecule has 1 aromatic rings. The van der Waals surface area contributed by atoms with Gasteiger partial charge in [0.2, 0.25) is 5.91 Å². The maximum atomic E-state index is 10.8. The minimum atomic E-state index is -0.0959. The number of carbonyl (C=O) groups is 1. The summed E-state index contributed by atoms with van der Waals surface area (Å²) >= 11 is 4.93. The summed E-state index contributed by atoms with van der Waals surface area (Å²) in [5.74, 6) is -0.0959. The molecule has 0 spiro atoms. The number of anilines is 2. The Balaban J connectivity index is 2.66. The molecule has 0 heterocycles. The molecular formula is C11H12N3OS+. The first-order valence-corrected chi connectivity index (χ1v) is 5.09. The Labute approximate surface area is 99.5 Å². The second-order valence-electron chi connectivity index (χ2n) is 3.02. The highest BCUT2D eigenvalue weighted by atomic mass is 32.1. The monoisotopic (exact) mass is 234 g/mol. The van der Waals surface area contributed by atoms with Gasteiger partial charge in [-0.2, -0.15) is 0 Å². The predicted molar refractivity (Wildman–Crippen MR) is 69.9 cm³/mol. The minimum absolute atomic E-state index is 0.0959. The fourth-order valence-electron chi connectivity index (χ4n) is 1.09. The minimum Gasteiger partial charge on any atom is -0.326 e. The number of hydrogen-bond acceptors (Lipinski definition) is 2. The van der Waals surface area contributed by atoms with Crippen LogP contribution in [0.5, 0.6) is 0 Å². The fraction of sp³-hybridized carbons (Fsp3) is 0.182. The number of thiocarbonyl (C=S) groups is 1. The van der Waals surface area contributed by atoms with Crippen LogP contribution in [0.25, 0.3) is 4.85 Å². The number of amides is 1. The SMILES string of the molecule is CC#[N+]C(=S)Nc1ccc(NC(C)=O)cc1. The summed E-state index contributed by atoms with van der Waals surface area (Å²) in [4.78, 5) is 14.6. The first kappa shape index (κ1) is 12.1. The van der Waals surface area contributed by atoms with E-state index in [4.69, 9.17) is 12.2 Å². The third kappa shape index (κ3) is 4.07. The van der Waals surface area contributed by atoms with Crippen molar-refractivity contribution in [3.05, 3.63) is 29.1 Å². The van der Waals surface area contributed by atoms with Gasteiger partial charge in [0.1, 0.15) is 5.69 Å². The average Bonchev–Trinajstić information content (AvgIpc) is 2.20. The Morgan fingerprint density at radius 1 is 1.25 bits per heavy atom. The van der Waals surface area contributed by atoms with Crippen LogP contribution in [0.15, 0.2) is 24.3 Å². The van der Waals surface area contributed by atoms with Crippen LogP contribution in [0.2, 0.25) is 0 Å². The largest absolute Gasteiger partial charge is 0.453 e. The van der Waals surface area contributed by atoms with Crippen molar-refractivity contribution in [1.82, 2.24) is 0 Å². The number of hydrogen-bond donors (Lipinski definition) is 2. The Morgan fingerprint density at radius 3 is 2.19 bits per heavy atom. The van der Waals surface area contributed by atoms with Crippen molar-refractivity contribution in [3.8, 4) is 6.07 Å².